The van der Waals surface area contributed by atoms with Crippen molar-refractivity contribution in [3.05, 3.63) is 82.2 Å². The number of hydrogen-bond donors (Lipinski definition) is 1. The first-order valence-corrected chi connectivity index (χ1v) is 11.9. The van der Waals surface area contributed by atoms with Gasteiger partial charge in [-0.25, -0.2) is 4.98 Å². The van der Waals surface area contributed by atoms with Gasteiger partial charge in [0, 0.05) is 17.7 Å². The van der Waals surface area contributed by atoms with Gasteiger partial charge in [-0.15, -0.1) is 0 Å². The minimum atomic E-state index is -0.124. The second-order valence-electron chi connectivity index (χ2n) is 9.38. The van der Waals surface area contributed by atoms with Crippen molar-refractivity contribution in [2.24, 2.45) is 5.92 Å². The van der Waals surface area contributed by atoms with Gasteiger partial charge in [-0.05, 0) is 81.2 Å². The molecule has 0 radical (unpaired) electrons. The molecule has 1 saturated heterocycles. The van der Waals surface area contributed by atoms with Gasteiger partial charge in [-0.3, -0.25) is 14.2 Å². The Kier molecular flexibility index (Phi) is 6.46. The second-order valence-corrected chi connectivity index (χ2v) is 9.38. The van der Waals surface area contributed by atoms with Crippen LogP contribution in [0.25, 0.3) is 22.0 Å². The van der Waals surface area contributed by atoms with Crippen LogP contribution < -0.4 is 10.9 Å². The van der Waals surface area contributed by atoms with Crippen molar-refractivity contribution >= 4 is 16.8 Å². The van der Waals surface area contributed by atoms with Crippen molar-refractivity contribution in [2.45, 2.75) is 26.3 Å². The van der Waals surface area contributed by atoms with Crippen molar-refractivity contribution in [1.29, 1.82) is 0 Å². The minimum absolute atomic E-state index is 0.0775. The summed E-state index contributed by atoms with van der Waals surface area (Å²) in [6.45, 7) is 5.06. The third-order valence-corrected chi connectivity index (χ3v) is 6.82. The fraction of sp³-hybridized carbons (Fsp3) is 0.333. The molecule has 1 amide bonds. The maximum absolute atomic E-state index is 13.1. The second kappa shape index (κ2) is 9.84. The van der Waals surface area contributed by atoms with Gasteiger partial charge in [-0.1, -0.05) is 23.4 Å². The Morgan fingerprint density at radius 2 is 2.00 bits per heavy atom. The number of aromatic nitrogens is 3. The molecule has 0 spiro atoms. The topological polar surface area (TPSA) is 93.3 Å². The van der Waals surface area contributed by atoms with E-state index >= 15 is 0 Å². The number of carbonyl (C=O) groups excluding carboxylic acids is 1. The van der Waals surface area contributed by atoms with E-state index in [4.69, 9.17) is 4.52 Å². The molecule has 4 aromatic rings. The number of aryl methyl sites for hydroxylation is 1. The number of nitrogens with one attached hydrogen (secondary N) is 1. The Labute approximate surface area is 203 Å². The van der Waals surface area contributed by atoms with Gasteiger partial charge in [0.2, 0.25) is 0 Å². The first kappa shape index (κ1) is 23.0. The molecule has 3 heterocycles. The zero-order valence-corrected chi connectivity index (χ0v) is 20.0. The van der Waals surface area contributed by atoms with Gasteiger partial charge in [-0.2, -0.15) is 0 Å². The molecule has 8 heteroatoms. The number of amides is 1. The number of nitrogens with zero attached hydrogens (tertiary/aromatic N) is 4. The molecule has 1 aliphatic heterocycles. The summed E-state index contributed by atoms with van der Waals surface area (Å²) >= 11 is 0. The van der Waals surface area contributed by atoms with E-state index in [0.29, 0.717) is 35.5 Å². The first-order chi connectivity index (χ1) is 17.0. The maximum atomic E-state index is 13.1. The number of carbonyl (C=O) groups is 1. The van der Waals surface area contributed by atoms with E-state index < -0.39 is 0 Å². The van der Waals surface area contributed by atoms with Crippen molar-refractivity contribution in [3.8, 4) is 11.1 Å². The molecular weight excluding hydrogens is 442 g/mol. The highest BCUT2D eigenvalue weighted by Crippen LogP contribution is 2.24. The Balaban J connectivity index is 1.30. The summed E-state index contributed by atoms with van der Waals surface area (Å²) in [5.74, 6) is 0.445. The van der Waals surface area contributed by atoms with Crippen LogP contribution in [-0.2, 0) is 6.54 Å². The third-order valence-electron chi connectivity index (χ3n) is 6.82. The summed E-state index contributed by atoms with van der Waals surface area (Å²) in [4.78, 5) is 32.7. The van der Waals surface area contributed by atoms with Crippen molar-refractivity contribution < 1.29 is 9.32 Å². The van der Waals surface area contributed by atoms with E-state index in [-0.39, 0.29) is 11.5 Å². The predicted octanol–water partition coefficient (Wildman–Crippen LogP) is 3.48. The lowest BCUT2D eigenvalue weighted by molar-refractivity contribution is 0.0939. The van der Waals surface area contributed by atoms with Gasteiger partial charge in [0.05, 0.1) is 29.5 Å². The van der Waals surface area contributed by atoms with E-state index in [1.165, 1.54) is 0 Å². The summed E-state index contributed by atoms with van der Waals surface area (Å²) in [7, 11) is 2.13. The lowest BCUT2D eigenvalue weighted by Gasteiger charge is -2.28. The molecule has 2 aromatic carbocycles. The highest BCUT2D eigenvalue weighted by Gasteiger charge is 2.18. The average molecular weight is 472 g/mol. The third kappa shape index (κ3) is 5.02. The zero-order valence-electron chi connectivity index (χ0n) is 20.0. The van der Waals surface area contributed by atoms with Crippen LogP contribution in [0.5, 0.6) is 0 Å². The van der Waals surface area contributed by atoms with Crippen LogP contribution in [0.1, 0.15) is 34.5 Å². The van der Waals surface area contributed by atoms with Crippen LogP contribution in [0, 0.1) is 12.8 Å². The van der Waals surface area contributed by atoms with Crippen LogP contribution >= 0.6 is 0 Å². The van der Waals surface area contributed by atoms with Gasteiger partial charge < -0.3 is 14.7 Å². The molecule has 0 saturated carbocycles. The van der Waals surface area contributed by atoms with E-state index in [1.807, 2.05) is 43.3 Å². The minimum Gasteiger partial charge on any atom is -0.364 e. The predicted molar refractivity (Wildman–Crippen MR) is 134 cm³/mol. The van der Waals surface area contributed by atoms with Crippen molar-refractivity contribution in [2.75, 3.05) is 26.7 Å². The zero-order chi connectivity index (χ0) is 24.4. The SMILES string of the molecule is Cc1nocc1-c1ccc2c(=O)n(Cc3cccc(C(=O)NCC4CCN(C)CC4)c3)cnc2c1. The van der Waals surface area contributed by atoms with Crippen molar-refractivity contribution in [3.63, 3.8) is 0 Å². The average Bonchev–Trinajstić information content (AvgIpc) is 3.31. The Morgan fingerprint density at radius 1 is 1.17 bits per heavy atom. The molecule has 8 nitrogen and oxygen atoms in total. The highest BCUT2D eigenvalue weighted by molar-refractivity contribution is 5.94. The van der Waals surface area contributed by atoms with Gasteiger partial charge in [0.1, 0.15) is 6.26 Å². The van der Waals surface area contributed by atoms with Crippen molar-refractivity contribution in [1.82, 2.24) is 24.9 Å². The molecule has 1 N–H and O–H groups in total. The highest BCUT2D eigenvalue weighted by atomic mass is 16.5. The standard InChI is InChI=1S/C27H29N5O3/c1-18-24(16-35-30-18)21-6-7-23-25(13-21)29-17-32(27(23)34)15-20-4-3-5-22(12-20)26(33)28-14-19-8-10-31(2)11-9-19/h3-7,12-13,16-17,19H,8-11,14-15H2,1-2H3,(H,28,33). The van der Waals surface area contributed by atoms with Crippen LogP contribution in [-0.4, -0.2) is 52.2 Å². The van der Waals surface area contributed by atoms with E-state index in [2.05, 4.69) is 27.4 Å². The maximum Gasteiger partial charge on any atom is 0.261 e. The number of piperidine rings is 1. The van der Waals surface area contributed by atoms with Gasteiger partial charge in [0.15, 0.2) is 0 Å². The van der Waals surface area contributed by atoms with Gasteiger partial charge >= 0.3 is 0 Å². The monoisotopic (exact) mass is 471 g/mol. The molecule has 0 atom stereocenters. The fourth-order valence-electron chi connectivity index (χ4n) is 4.62. The molecule has 1 fully saturated rings. The first-order valence-electron chi connectivity index (χ1n) is 11.9. The smallest absolute Gasteiger partial charge is 0.261 e. The number of rotatable bonds is 6. The Bertz CT molecular complexity index is 1420. The Hall–Kier alpha value is -3.78. The quantitative estimate of drug-likeness (QED) is 0.463. The summed E-state index contributed by atoms with van der Waals surface area (Å²) in [5.41, 5.74) is 4.53. The lowest BCUT2D eigenvalue weighted by Crippen LogP contribution is -2.36. The normalized spacial score (nSPS) is 14.9. The molecule has 0 bridgehead atoms. The largest absolute Gasteiger partial charge is 0.364 e. The summed E-state index contributed by atoms with van der Waals surface area (Å²) in [6, 6.07) is 13.0. The molecule has 5 rings (SSSR count). The number of fused-ring (bicyclic) bond motifs is 1. The molecular formula is C27H29N5O3. The van der Waals surface area contributed by atoms with E-state index in [1.54, 1.807) is 23.2 Å². The summed E-state index contributed by atoms with van der Waals surface area (Å²) in [5, 5.41) is 7.54. The van der Waals surface area contributed by atoms with Crippen LogP contribution in [0.4, 0.5) is 0 Å². The molecule has 35 heavy (non-hydrogen) atoms. The number of likely N-dealkylation sites (tertiary alicyclic amines) is 1. The molecule has 180 valence electrons. The van der Waals surface area contributed by atoms with E-state index in [9.17, 15) is 9.59 Å². The molecule has 0 unspecified atom stereocenters. The molecule has 0 aliphatic carbocycles. The van der Waals surface area contributed by atoms with Crippen LogP contribution in [0.3, 0.4) is 0 Å². The number of benzene rings is 2. The Morgan fingerprint density at radius 3 is 2.77 bits per heavy atom. The number of hydrogen-bond acceptors (Lipinski definition) is 6. The molecule has 2 aromatic heterocycles. The fourth-order valence-corrected chi connectivity index (χ4v) is 4.62. The summed E-state index contributed by atoms with van der Waals surface area (Å²) in [6.07, 6.45) is 5.36. The van der Waals surface area contributed by atoms with E-state index in [0.717, 1.165) is 48.3 Å². The van der Waals surface area contributed by atoms with Gasteiger partial charge in [0.25, 0.3) is 11.5 Å². The summed E-state index contributed by atoms with van der Waals surface area (Å²) < 4.78 is 6.60. The molecule has 1 aliphatic rings. The lowest BCUT2D eigenvalue weighted by atomic mass is 9.97. The van der Waals surface area contributed by atoms with Crippen LogP contribution in [0.15, 0.2) is 64.4 Å². The van der Waals surface area contributed by atoms with Crippen LogP contribution in [0.2, 0.25) is 0 Å².